The molecule has 0 amide bonds. The van der Waals surface area contributed by atoms with Crippen molar-refractivity contribution < 1.29 is 14.6 Å². The molecule has 0 bridgehead atoms. The van der Waals surface area contributed by atoms with Crippen LogP contribution in [0, 0.1) is 0 Å². The van der Waals surface area contributed by atoms with Crippen molar-refractivity contribution in [3.63, 3.8) is 0 Å². The predicted molar refractivity (Wildman–Crippen MR) is 81.3 cm³/mol. The third-order valence-corrected chi connectivity index (χ3v) is 3.60. The number of nitrogens with zero attached hydrogens (tertiary/aromatic N) is 2. The molecule has 0 saturated heterocycles. The van der Waals surface area contributed by atoms with Gasteiger partial charge in [-0.1, -0.05) is 17.8 Å². The van der Waals surface area contributed by atoms with E-state index in [0.717, 1.165) is 28.0 Å². The Kier molecular flexibility index (Phi) is 5.34. The Morgan fingerprint density at radius 1 is 1.43 bits per heavy atom. The minimum atomic E-state index is -0.971. The fourth-order valence-electron chi connectivity index (χ4n) is 1.69. The second kappa shape index (κ2) is 7.44. The molecule has 0 spiro atoms. The number of ether oxygens (including phenoxy) is 1. The third kappa shape index (κ3) is 4.61. The van der Waals surface area contributed by atoms with Crippen LogP contribution in [0.1, 0.15) is 11.1 Å². The molecule has 0 atom stereocenters. The van der Waals surface area contributed by atoms with E-state index >= 15 is 0 Å². The molecule has 0 aliphatic rings. The molecule has 6 heteroatoms. The molecule has 108 valence electrons. The fourth-order valence-corrected chi connectivity index (χ4v) is 2.49. The lowest BCUT2D eigenvalue weighted by molar-refractivity contribution is -0.131. The number of benzene rings is 1. The molecule has 1 heterocycles. The van der Waals surface area contributed by atoms with Gasteiger partial charge in [0.15, 0.2) is 0 Å². The fraction of sp³-hybridized carbons (Fsp3) is 0.133. The summed E-state index contributed by atoms with van der Waals surface area (Å²) < 4.78 is 5.32. The molecule has 2 aromatic rings. The summed E-state index contributed by atoms with van der Waals surface area (Å²) in [6.45, 7) is 0. The number of aromatic nitrogens is 2. The topological polar surface area (TPSA) is 72.3 Å². The minimum Gasteiger partial charge on any atom is -0.496 e. The van der Waals surface area contributed by atoms with Crippen LogP contribution in [0.15, 0.2) is 47.9 Å². The van der Waals surface area contributed by atoms with Crippen molar-refractivity contribution in [2.24, 2.45) is 0 Å². The van der Waals surface area contributed by atoms with Gasteiger partial charge in [-0.3, -0.25) is 4.98 Å². The second-order valence-corrected chi connectivity index (χ2v) is 5.07. The van der Waals surface area contributed by atoms with Gasteiger partial charge in [0.1, 0.15) is 10.8 Å². The molecular formula is C15H14N2O3S. The summed E-state index contributed by atoms with van der Waals surface area (Å²) in [6, 6.07) is 5.55. The number of methoxy groups -OCH3 is 1. The summed E-state index contributed by atoms with van der Waals surface area (Å²) in [4.78, 5) is 18.8. The van der Waals surface area contributed by atoms with E-state index in [-0.39, 0.29) is 0 Å². The van der Waals surface area contributed by atoms with E-state index in [1.165, 1.54) is 0 Å². The van der Waals surface area contributed by atoms with E-state index in [2.05, 4.69) is 9.97 Å². The van der Waals surface area contributed by atoms with Crippen molar-refractivity contribution in [2.75, 3.05) is 7.11 Å². The van der Waals surface area contributed by atoms with Crippen LogP contribution >= 0.6 is 11.8 Å². The van der Waals surface area contributed by atoms with Crippen molar-refractivity contribution in [2.45, 2.75) is 10.8 Å². The maximum absolute atomic E-state index is 10.6. The molecule has 1 N–H and O–H groups in total. The number of carboxylic acid groups (broad SMARTS) is 1. The van der Waals surface area contributed by atoms with Crippen molar-refractivity contribution in [3.05, 3.63) is 54.0 Å². The van der Waals surface area contributed by atoms with Crippen LogP contribution in [0.2, 0.25) is 0 Å². The van der Waals surface area contributed by atoms with Gasteiger partial charge < -0.3 is 9.84 Å². The number of rotatable bonds is 6. The van der Waals surface area contributed by atoms with E-state index in [0.29, 0.717) is 5.75 Å². The van der Waals surface area contributed by atoms with E-state index in [1.807, 2.05) is 18.2 Å². The third-order valence-electron chi connectivity index (χ3n) is 2.64. The summed E-state index contributed by atoms with van der Waals surface area (Å²) in [7, 11) is 1.61. The first kappa shape index (κ1) is 15.1. The van der Waals surface area contributed by atoms with E-state index in [1.54, 1.807) is 43.5 Å². The van der Waals surface area contributed by atoms with Gasteiger partial charge in [0.05, 0.1) is 13.3 Å². The average molecular weight is 302 g/mol. The van der Waals surface area contributed by atoms with E-state index in [4.69, 9.17) is 9.84 Å². The monoisotopic (exact) mass is 302 g/mol. The molecular weight excluding hydrogens is 288 g/mol. The molecule has 0 aliphatic heterocycles. The number of carbonyl (C=O) groups is 1. The largest absolute Gasteiger partial charge is 0.496 e. The lowest BCUT2D eigenvalue weighted by Crippen LogP contribution is -1.92. The smallest absolute Gasteiger partial charge is 0.328 e. The quantitative estimate of drug-likeness (QED) is 0.653. The highest BCUT2D eigenvalue weighted by Crippen LogP contribution is 2.27. The van der Waals surface area contributed by atoms with Crippen molar-refractivity contribution in [1.82, 2.24) is 9.97 Å². The van der Waals surface area contributed by atoms with Crippen LogP contribution in [-0.4, -0.2) is 28.2 Å². The van der Waals surface area contributed by atoms with Gasteiger partial charge in [-0.15, -0.1) is 0 Å². The van der Waals surface area contributed by atoms with Crippen LogP contribution in [0.5, 0.6) is 5.75 Å². The lowest BCUT2D eigenvalue weighted by Gasteiger charge is -2.09. The molecule has 0 radical (unpaired) electrons. The van der Waals surface area contributed by atoms with Crippen LogP contribution in [0.25, 0.3) is 6.08 Å². The van der Waals surface area contributed by atoms with Gasteiger partial charge in [-0.2, -0.15) is 0 Å². The zero-order valence-corrected chi connectivity index (χ0v) is 12.2. The highest BCUT2D eigenvalue weighted by molar-refractivity contribution is 7.98. The molecule has 0 aliphatic carbocycles. The van der Waals surface area contributed by atoms with Gasteiger partial charge in [0.2, 0.25) is 0 Å². The van der Waals surface area contributed by atoms with Gasteiger partial charge >= 0.3 is 5.97 Å². The molecule has 0 fully saturated rings. The van der Waals surface area contributed by atoms with E-state index < -0.39 is 5.97 Å². The summed E-state index contributed by atoms with van der Waals surface area (Å²) in [5.74, 6) is 0.455. The summed E-state index contributed by atoms with van der Waals surface area (Å²) in [6.07, 6.45) is 7.64. The number of hydrogen-bond donors (Lipinski definition) is 1. The standard InChI is InChI=1S/C15H14N2O3S/c1-20-13-4-2-11(3-5-15(18)19)8-12(13)10-21-14-9-16-6-7-17-14/h2-9H,10H2,1H3,(H,18,19). The zero-order valence-electron chi connectivity index (χ0n) is 11.4. The average Bonchev–Trinajstić information content (AvgIpc) is 2.52. The van der Waals surface area contributed by atoms with Crippen LogP contribution in [0.4, 0.5) is 0 Å². The Hall–Kier alpha value is -2.34. The molecule has 0 unspecified atom stereocenters. The first-order valence-electron chi connectivity index (χ1n) is 6.16. The Bertz CT molecular complexity index is 645. The molecule has 2 rings (SSSR count). The maximum atomic E-state index is 10.6. The van der Waals surface area contributed by atoms with Gasteiger partial charge in [0, 0.05) is 29.8 Å². The first-order valence-corrected chi connectivity index (χ1v) is 7.14. The molecule has 0 saturated carbocycles. The minimum absolute atomic E-state index is 0.663. The second-order valence-electron chi connectivity index (χ2n) is 4.08. The molecule has 1 aromatic carbocycles. The number of carboxylic acids is 1. The Balaban J connectivity index is 2.16. The van der Waals surface area contributed by atoms with Crippen LogP contribution in [-0.2, 0) is 10.5 Å². The van der Waals surface area contributed by atoms with Gasteiger partial charge in [0.25, 0.3) is 0 Å². The number of hydrogen-bond acceptors (Lipinski definition) is 5. The predicted octanol–water partition coefficient (Wildman–Crippen LogP) is 2.88. The SMILES string of the molecule is COc1ccc(C=CC(=O)O)cc1CSc1cnccn1. The summed E-state index contributed by atoms with van der Waals surface area (Å²) in [5, 5.41) is 9.49. The maximum Gasteiger partial charge on any atom is 0.328 e. The highest BCUT2D eigenvalue weighted by Gasteiger charge is 2.05. The highest BCUT2D eigenvalue weighted by atomic mass is 32.2. The lowest BCUT2D eigenvalue weighted by atomic mass is 10.1. The molecule has 5 nitrogen and oxygen atoms in total. The Morgan fingerprint density at radius 2 is 2.29 bits per heavy atom. The van der Waals surface area contributed by atoms with E-state index in [9.17, 15) is 4.79 Å². The summed E-state index contributed by atoms with van der Waals surface area (Å²) >= 11 is 1.54. The number of aliphatic carboxylic acids is 1. The Labute approximate surface area is 126 Å². The van der Waals surface area contributed by atoms with Crippen LogP contribution < -0.4 is 4.74 Å². The van der Waals surface area contributed by atoms with Crippen LogP contribution in [0.3, 0.4) is 0 Å². The van der Waals surface area contributed by atoms with Crippen molar-refractivity contribution in [1.29, 1.82) is 0 Å². The zero-order chi connectivity index (χ0) is 15.1. The number of thioether (sulfide) groups is 1. The van der Waals surface area contributed by atoms with Gasteiger partial charge in [-0.05, 0) is 23.8 Å². The normalized spacial score (nSPS) is 10.7. The first-order chi connectivity index (χ1) is 10.2. The molecule has 21 heavy (non-hydrogen) atoms. The van der Waals surface area contributed by atoms with Gasteiger partial charge in [-0.25, -0.2) is 9.78 Å². The summed E-state index contributed by atoms with van der Waals surface area (Å²) in [5.41, 5.74) is 1.79. The van der Waals surface area contributed by atoms with Crippen molar-refractivity contribution in [3.8, 4) is 5.75 Å². The Morgan fingerprint density at radius 3 is 2.95 bits per heavy atom. The van der Waals surface area contributed by atoms with Crippen molar-refractivity contribution >= 4 is 23.8 Å². The molecule has 1 aromatic heterocycles.